The lowest BCUT2D eigenvalue weighted by atomic mass is 10.0. The van der Waals surface area contributed by atoms with Gasteiger partial charge in [-0.2, -0.15) is 0 Å². The summed E-state index contributed by atoms with van der Waals surface area (Å²) < 4.78 is 0. The number of rotatable bonds is 4. The molecule has 2 unspecified atom stereocenters. The largest absolute Gasteiger partial charge is 0.390 e. The van der Waals surface area contributed by atoms with Gasteiger partial charge >= 0.3 is 0 Å². The number of halogens is 1. The van der Waals surface area contributed by atoms with E-state index in [-0.39, 0.29) is 5.82 Å². The molecule has 0 amide bonds. The van der Waals surface area contributed by atoms with Gasteiger partial charge in [0.05, 0.1) is 6.10 Å². The number of alkyl halides is 1. The van der Waals surface area contributed by atoms with Gasteiger partial charge in [0, 0.05) is 17.1 Å². The molecule has 0 aromatic carbocycles. The van der Waals surface area contributed by atoms with Gasteiger partial charge in [0.2, 0.25) is 0 Å². The molecule has 1 aromatic heterocycles. The molecule has 0 spiro atoms. The van der Waals surface area contributed by atoms with Gasteiger partial charge in [-0.25, -0.2) is 4.98 Å². The lowest BCUT2D eigenvalue weighted by Gasteiger charge is -2.17. The third-order valence-electron chi connectivity index (χ3n) is 1.96. The summed E-state index contributed by atoms with van der Waals surface area (Å²) in [6.07, 6.45) is 0.222. The zero-order chi connectivity index (χ0) is 10.6. The lowest BCUT2D eigenvalue weighted by molar-refractivity contribution is 0.0176. The van der Waals surface area contributed by atoms with Crippen LogP contribution in [0, 0.1) is 0 Å². The molecule has 0 bridgehead atoms. The van der Waals surface area contributed by atoms with Crippen molar-refractivity contribution in [1.29, 1.82) is 0 Å². The van der Waals surface area contributed by atoms with E-state index < -0.39 is 12.2 Å². The van der Waals surface area contributed by atoms with Crippen molar-refractivity contribution in [3.63, 3.8) is 0 Å². The molecule has 1 aromatic rings. The Kier molecular flexibility index (Phi) is 4.31. The predicted octanol–water partition coefficient (Wildman–Crippen LogP) is 0.843. The van der Waals surface area contributed by atoms with Crippen molar-refractivity contribution in [3.05, 3.63) is 23.9 Å². The summed E-state index contributed by atoms with van der Waals surface area (Å²) in [5, 5.41) is 19.9. The molecule has 2 atom stereocenters. The quantitative estimate of drug-likeness (QED) is 0.702. The number of aromatic nitrogens is 1. The fourth-order valence-corrected chi connectivity index (χ4v) is 1.63. The number of anilines is 1. The van der Waals surface area contributed by atoms with Gasteiger partial charge in [0.15, 0.2) is 0 Å². The topological polar surface area (TPSA) is 79.4 Å². The summed E-state index contributed by atoms with van der Waals surface area (Å²) in [4.78, 5) is 3.84. The third kappa shape index (κ3) is 2.67. The number of aliphatic hydroxyl groups is 2. The molecule has 0 aliphatic rings. The van der Waals surface area contributed by atoms with Crippen molar-refractivity contribution in [1.82, 2.24) is 4.98 Å². The van der Waals surface area contributed by atoms with Crippen molar-refractivity contribution in [2.75, 3.05) is 11.1 Å². The molecule has 1 rings (SSSR count). The SMILES string of the molecule is Nc1ncccc1C(O)C(O)CCBr. The average molecular weight is 261 g/mol. The maximum Gasteiger partial charge on any atom is 0.129 e. The molecular formula is C9H13BrN2O2. The summed E-state index contributed by atoms with van der Waals surface area (Å²) in [5.41, 5.74) is 6.03. The first-order valence-electron chi connectivity index (χ1n) is 4.29. The van der Waals surface area contributed by atoms with Gasteiger partial charge in [-0.15, -0.1) is 0 Å². The molecule has 14 heavy (non-hydrogen) atoms. The van der Waals surface area contributed by atoms with Crippen LogP contribution in [-0.4, -0.2) is 26.6 Å². The Morgan fingerprint density at radius 3 is 2.79 bits per heavy atom. The van der Waals surface area contributed by atoms with Gasteiger partial charge in [-0.3, -0.25) is 0 Å². The molecule has 4 nitrogen and oxygen atoms in total. The average Bonchev–Trinajstić information content (AvgIpc) is 2.18. The monoisotopic (exact) mass is 260 g/mol. The number of hydrogen-bond acceptors (Lipinski definition) is 4. The van der Waals surface area contributed by atoms with Crippen LogP contribution in [0.25, 0.3) is 0 Å². The number of nitrogens with two attached hydrogens (primary N) is 1. The van der Waals surface area contributed by atoms with E-state index in [1.54, 1.807) is 18.3 Å². The predicted molar refractivity (Wildman–Crippen MR) is 58.0 cm³/mol. The number of pyridine rings is 1. The molecule has 0 aliphatic carbocycles. The summed E-state index contributed by atoms with van der Waals surface area (Å²) in [6, 6.07) is 3.33. The Bertz CT molecular complexity index is 296. The first-order chi connectivity index (χ1) is 6.66. The van der Waals surface area contributed by atoms with Crippen molar-refractivity contribution in [3.8, 4) is 0 Å². The maximum atomic E-state index is 9.71. The molecule has 0 aliphatic heterocycles. The summed E-state index contributed by atoms with van der Waals surface area (Å²) in [6.45, 7) is 0. The minimum atomic E-state index is -0.971. The minimum absolute atomic E-state index is 0.258. The first kappa shape index (κ1) is 11.4. The fourth-order valence-electron chi connectivity index (χ4n) is 1.16. The van der Waals surface area contributed by atoms with Crippen LogP contribution in [0.5, 0.6) is 0 Å². The van der Waals surface area contributed by atoms with Crippen molar-refractivity contribution in [2.24, 2.45) is 0 Å². The number of nitrogens with zero attached hydrogens (tertiary/aromatic N) is 1. The van der Waals surface area contributed by atoms with E-state index in [1.807, 2.05) is 0 Å². The van der Waals surface area contributed by atoms with Crippen LogP contribution in [-0.2, 0) is 0 Å². The van der Waals surface area contributed by atoms with Crippen molar-refractivity contribution >= 4 is 21.7 Å². The maximum absolute atomic E-state index is 9.71. The summed E-state index contributed by atoms with van der Waals surface area (Å²) in [7, 11) is 0. The number of nitrogen functional groups attached to an aromatic ring is 1. The van der Waals surface area contributed by atoms with Gasteiger partial charge in [-0.1, -0.05) is 22.0 Å². The second-order valence-electron chi connectivity index (χ2n) is 2.97. The highest BCUT2D eigenvalue weighted by molar-refractivity contribution is 9.09. The molecule has 0 saturated heterocycles. The van der Waals surface area contributed by atoms with E-state index in [1.165, 1.54) is 0 Å². The molecular weight excluding hydrogens is 248 g/mol. The van der Waals surface area contributed by atoms with Crippen molar-refractivity contribution < 1.29 is 10.2 Å². The van der Waals surface area contributed by atoms with Crippen molar-refractivity contribution in [2.45, 2.75) is 18.6 Å². The van der Waals surface area contributed by atoms with E-state index >= 15 is 0 Å². The number of hydrogen-bond donors (Lipinski definition) is 3. The highest BCUT2D eigenvalue weighted by Gasteiger charge is 2.19. The number of aliphatic hydroxyl groups excluding tert-OH is 2. The fraction of sp³-hybridized carbons (Fsp3) is 0.444. The molecule has 0 saturated carbocycles. The van der Waals surface area contributed by atoms with Crippen LogP contribution in [0.4, 0.5) is 5.82 Å². The van der Waals surface area contributed by atoms with Crippen LogP contribution in [0.1, 0.15) is 18.1 Å². The smallest absolute Gasteiger partial charge is 0.129 e. The van der Waals surface area contributed by atoms with Crippen LogP contribution in [0.15, 0.2) is 18.3 Å². The Morgan fingerprint density at radius 1 is 1.50 bits per heavy atom. The van der Waals surface area contributed by atoms with E-state index in [9.17, 15) is 10.2 Å². The zero-order valence-corrected chi connectivity index (χ0v) is 9.18. The second-order valence-corrected chi connectivity index (χ2v) is 3.76. The Labute approximate surface area is 90.9 Å². The van der Waals surface area contributed by atoms with E-state index in [4.69, 9.17) is 5.73 Å². The zero-order valence-electron chi connectivity index (χ0n) is 7.60. The lowest BCUT2D eigenvalue weighted by Crippen LogP contribution is -2.20. The first-order valence-corrected chi connectivity index (χ1v) is 5.41. The molecule has 4 N–H and O–H groups in total. The van der Waals surface area contributed by atoms with E-state index in [0.717, 1.165) is 0 Å². The van der Waals surface area contributed by atoms with Crippen LogP contribution in [0.3, 0.4) is 0 Å². The second kappa shape index (κ2) is 5.29. The van der Waals surface area contributed by atoms with Crippen LogP contribution < -0.4 is 5.73 Å². The van der Waals surface area contributed by atoms with E-state index in [0.29, 0.717) is 17.3 Å². The van der Waals surface area contributed by atoms with Gasteiger partial charge in [0.25, 0.3) is 0 Å². The summed E-state index contributed by atoms with van der Waals surface area (Å²) >= 11 is 3.19. The Balaban J connectivity index is 2.78. The Morgan fingerprint density at radius 2 is 2.21 bits per heavy atom. The highest BCUT2D eigenvalue weighted by atomic mass is 79.9. The molecule has 0 radical (unpaired) electrons. The van der Waals surface area contributed by atoms with Gasteiger partial charge in [0.1, 0.15) is 11.9 Å². The minimum Gasteiger partial charge on any atom is -0.390 e. The van der Waals surface area contributed by atoms with E-state index in [2.05, 4.69) is 20.9 Å². The molecule has 0 fully saturated rings. The third-order valence-corrected chi connectivity index (χ3v) is 2.42. The Hall–Kier alpha value is -0.650. The standard InChI is InChI=1S/C9H13BrN2O2/c10-4-3-7(13)8(14)6-2-1-5-12-9(6)11/h1-2,5,7-8,13-14H,3-4H2,(H2,11,12). The molecule has 78 valence electrons. The van der Waals surface area contributed by atoms with Gasteiger partial charge < -0.3 is 15.9 Å². The van der Waals surface area contributed by atoms with Crippen LogP contribution in [0.2, 0.25) is 0 Å². The van der Waals surface area contributed by atoms with Crippen LogP contribution >= 0.6 is 15.9 Å². The normalized spacial score (nSPS) is 15.1. The summed E-state index contributed by atoms with van der Waals surface area (Å²) in [5.74, 6) is 0.258. The van der Waals surface area contributed by atoms with Gasteiger partial charge in [-0.05, 0) is 12.5 Å². The molecule has 5 heteroatoms. The molecule has 1 heterocycles. The highest BCUT2D eigenvalue weighted by Crippen LogP contribution is 2.22.